The molecule has 0 aromatic heterocycles. The number of carbonyl (C=O) groups excluding carboxylic acids is 1. The summed E-state index contributed by atoms with van der Waals surface area (Å²) in [6.07, 6.45) is -3.71. The monoisotopic (exact) mass is 320 g/mol. The molecule has 3 rings (SSSR count). The predicted molar refractivity (Wildman–Crippen MR) is 82.5 cm³/mol. The highest BCUT2D eigenvalue weighted by Crippen LogP contribution is 2.33. The van der Waals surface area contributed by atoms with Crippen molar-refractivity contribution < 1.29 is 18.0 Å². The van der Waals surface area contributed by atoms with Crippen molar-refractivity contribution >= 4 is 17.4 Å². The maximum atomic E-state index is 12.7. The topological polar surface area (TPSA) is 32.3 Å². The standard InChI is InChI=1S/C17H15F3N2O/c1-11-9-12-5-2-3-8-15(12)22(11)16(23)21-14-7-4-6-13(10-14)17(18,19)20/h2-8,10-11H,9H2,1H3,(H,21,23). The third-order valence-electron chi connectivity index (χ3n) is 3.87. The molecule has 2 aromatic carbocycles. The summed E-state index contributed by atoms with van der Waals surface area (Å²) in [5.74, 6) is 0. The van der Waals surface area contributed by atoms with Crippen molar-refractivity contribution in [2.45, 2.75) is 25.6 Å². The lowest BCUT2D eigenvalue weighted by Crippen LogP contribution is -2.39. The van der Waals surface area contributed by atoms with Crippen molar-refractivity contribution in [1.82, 2.24) is 0 Å². The number of nitrogens with one attached hydrogen (secondary N) is 1. The van der Waals surface area contributed by atoms with Crippen LogP contribution in [0.3, 0.4) is 0 Å². The molecule has 0 spiro atoms. The molecule has 0 saturated heterocycles. The SMILES string of the molecule is CC1Cc2ccccc2N1C(=O)Nc1cccc(C(F)(F)F)c1. The number of halogens is 3. The Morgan fingerprint density at radius 1 is 1.17 bits per heavy atom. The van der Waals surface area contributed by atoms with Crippen LogP contribution in [0.25, 0.3) is 0 Å². The first kappa shape index (κ1) is 15.4. The van der Waals surface area contributed by atoms with Crippen LogP contribution in [-0.2, 0) is 12.6 Å². The minimum Gasteiger partial charge on any atom is -0.308 e. The summed E-state index contributed by atoms with van der Waals surface area (Å²) in [6.45, 7) is 1.91. The number of carbonyl (C=O) groups is 1. The molecule has 0 fully saturated rings. The summed E-state index contributed by atoms with van der Waals surface area (Å²) in [7, 11) is 0. The van der Waals surface area contributed by atoms with Gasteiger partial charge in [-0.05, 0) is 43.2 Å². The third kappa shape index (κ3) is 3.02. The molecule has 0 saturated carbocycles. The maximum Gasteiger partial charge on any atom is 0.416 e. The van der Waals surface area contributed by atoms with Gasteiger partial charge in [-0.2, -0.15) is 13.2 Å². The zero-order chi connectivity index (χ0) is 16.6. The molecule has 3 nitrogen and oxygen atoms in total. The predicted octanol–water partition coefficient (Wildman–Crippen LogP) is 4.69. The first-order valence-electron chi connectivity index (χ1n) is 7.21. The number of urea groups is 1. The Hall–Kier alpha value is -2.50. The van der Waals surface area contributed by atoms with Gasteiger partial charge in [0, 0.05) is 17.4 Å². The molecule has 120 valence electrons. The second-order valence-electron chi connectivity index (χ2n) is 5.56. The quantitative estimate of drug-likeness (QED) is 0.812. The van der Waals surface area contributed by atoms with E-state index < -0.39 is 17.8 Å². The average molecular weight is 320 g/mol. The summed E-state index contributed by atoms with van der Waals surface area (Å²) in [6, 6.07) is 11.7. The molecule has 2 aromatic rings. The molecule has 1 unspecified atom stereocenters. The summed E-state index contributed by atoms with van der Waals surface area (Å²) < 4.78 is 38.2. The second kappa shape index (κ2) is 5.61. The van der Waals surface area contributed by atoms with Gasteiger partial charge in [0.2, 0.25) is 0 Å². The summed E-state index contributed by atoms with van der Waals surface area (Å²) in [5.41, 5.74) is 1.19. The lowest BCUT2D eigenvalue weighted by Gasteiger charge is -2.23. The number of anilines is 2. The molecule has 1 aliphatic rings. The number of alkyl halides is 3. The lowest BCUT2D eigenvalue weighted by atomic mass is 10.1. The fraction of sp³-hybridized carbons (Fsp3) is 0.235. The Morgan fingerprint density at radius 2 is 1.91 bits per heavy atom. The van der Waals surface area contributed by atoms with Gasteiger partial charge in [-0.25, -0.2) is 4.79 Å². The van der Waals surface area contributed by atoms with E-state index in [4.69, 9.17) is 0 Å². The minimum atomic E-state index is -4.44. The largest absolute Gasteiger partial charge is 0.416 e. The van der Waals surface area contributed by atoms with E-state index in [9.17, 15) is 18.0 Å². The molecule has 0 radical (unpaired) electrons. The molecule has 0 aliphatic carbocycles. The van der Waals surface area contributed by atoms with Crippen molar-refractivity contribution in [2.75, 3.05) is 10.2 Å². The van der Waals surface area contributed by atoms with Crippen LogP contribution in [0.5, 0.6) is 0 Å². The van der Waals surface area contributed by atoms with E-state index >= 15 is 0 Å². The highest BCUT2D eigenvalue weighted by molar-refractivity contribution is 6.03. The van der Waals surface area contributed by atoms with Gasteiger partial charge >= 0.3 is 12.2 Å². The number of hydrogen-bond acceptors (Lipinski definition) is 1. The van der Waals surface area contributed by atoms with E-state index in [0.29, 0.717) is 0 Å². The molecule has 0 bridgehead atoms. The summed E-state index contributed by atoms with van der Waals surface area (Å²) in [4.78, 5) is 14.1. The van der Waals surface area contributed by atoms with Crippen molar-refractivity contribution in [3.05, 3.63) is 59.7 Å². The Kier molecular flexibility index (Phi) is 3.75. The molecule has 1 heterocycles. The van der Waals surface area contributed by atoms with Crippen LogP contribution >= 0.6 is 0 Å². The Morgan fingerprint density at radius 3 is 2.65 bits per heavy atom. The van der Waals surface area contributed by atoms with Crippen molar-refractivity contribution in [3.8, 4) is 0 Å². The van der Waals surface area contributed by atoms with Crippen LogP contribution in [-0.4, -0.2) is 12.1 Å². The number of amides is 2. The number of hydrogen-bond donors (Lipinski definition) is 1. The zero-order valence-electron chi connectivity index (χ0n) is 12.4. The average Bonchev–Trinajstić information content (AvgIpc) is 2.82. The van der Waals surface area contributed by atoms with Gasteiger partial charge in [0.05, 0.1) is 5.56 Å². The first-order chi connectivity index (χ1) is 10.9. The van der Waals surface area contributed by atoms with Gasteiger partial charge in [0.1, 0.15) is 0 Å². The molecular formula is C17H15F3N2O. The van der Waals surface area contributed by atoms with Crippen LogP contribution in [0.1, 0.15) is 18.1 Å². The van der Waals surface area contributed by atoms with Gasteiger partial charge in [-0.15, -0.1) is 0 Å². The normalized spacial score (nSPS) is 17.0. The smallest absolute Gasteiger partial charge is 0.308 e. The fourth-order valence-corrected chi connectivity index (χ4v) is 2.83. The fourth-order valence-electron chi connectivity index (χ4n) is 2.83. The number of rotatable bonds is 1. The van der Waals surface area contributed by atoms with Gasteiger partial charge < -0.3 is 5.32 Å². The van der Waals surface area contributed by atoms with Crippen LogP contribution in [0.2, 0.25) is 0 Å². The minimum absolute atomic E-state index is 0.0433. The Labute approximate surface area is 131 Å². The van der Waals surface area contributed by atoms with E-state index in [1.807, 2.05) is 31.2 Å². The lowest BCUT2D eigenvalue weighted by molar-refractivity contribution is -0.137. The van der Waals surface area contributed by atoms with E-state index in [2.05, 4.69) is 5.32 Å². The zero-order valence-corrected chi connectivity index (χ0v) is 12.4. The van der Waals surface area contributed by atoms with Gasteiger partial charge in [0.25, 0.3) is 0 Å². The highest BCUT2D eigenvalue weighted by Gasteiger charge is 2.32. The molecule has 23 heavy (non-hydrogen) atoms. The Bertz CT molecular complexity index is 743. The molecule has 2 amide bonds. The number of nitrogens with zero attached hydrogens (tertiary/aromatic N) is 1. The number of benzene rings is 2. The first-order valence-corrected chi connectivity index (χ1v) is 7.21. The summed E-state index contributed by atoms with van der Waals surface area (Å²) in [5, 5.41) is 2.55. The molecule has 6 heteroatoms. The van der Waals surface area contributed by atoms with Gasteiger partial charge in [-0.1, -0.05) is 24.3 Å². The van der Waals surface area contributed by atoms with Gasteiger partial charge in [-0.3, -0.25) is 4.90 Å². The van der Waals surface area contributed by atoms with Crippen LogP contribution in [0.15, 0.2) is 48.5 Å². The second-order valence-corrected chi connectivity index (χ2v) is 5.56. The van der Waals surface area contributed by atoms with Crippen molar-refractivity contribution in [2.24, 2.45) is 0 Å². The molecule has 1 atom stereocenters. The molecular weight excluding hydrogens is 305 g/mol. The Balaban J connectivity index is 1.83. The van der Waals surface area contributed by atoms with Crippen molar-refractivity contribution in [3.63, 3.8) is 0 Å². The van der Waals surface area contributed by atoms with E-state index in [1.165, 1.54) is 12.1 Å². The highest BCUT2D eigenvalue weighted by atomic mass is 19.4. The molecule has 1 aliphatic heterocycles. The third-order valence-corrected chi connectivity index (χ3v) is 3.87. The summed E-state index contributed by atoms with van der Waals surface area (Å²) >= 11 is 0. The van der Waals surface area contributed by atoms with Crippen molar-refractivity contribution in [1.29, 1.82) is 0 Å². The van der Waals surface area contributed by atoms with Crippen LogP contribution in [0, 0.1) is 0 Å². The molecule has 1 N–H and O–H groups in total. The van der Waals surface area contributed by atoms with E-state index in [1.54, 1.807) is 4.90 Å². The van der Waals surface area contributed by atoms with Gasteiger partial charge in [0.15, 0.2) is 0 Å². The van der Waals surface area contributed by atoms with E-state index in [-0.39, 0.29) is 11.7 Å². The maximum absolute atomic E-state index is 12.7. The van der Waals surface area contributed by atoms with Crippen LogP contribution < -0.4 is 10.2 Å². The number of para-hydroxylation sites is 1. The number of fused-ring (bicyclic) bond motifs is 1. The van der Waals surface area contributed by atoms with E-state index in [0.717, 1.165) is 29.8 Å². The van der Waals surface area contributed by atoms with Crippen LogP contribution in [0.4, 0.5) is 29.3 Å².